The molecule has 3 nitrogen and oxygen atoms in total. The van der Waals surface area contributed by atoms with Crippen LogP contribution in [-0.4, -0.2) is 9.78 Å². The number of hydrogen-bond donors (Lipinski definition) is 1. The largest absolute Gasteiger partial charge is 0.325 e. The minimum atomic E-state index is 0.605. The molecule has 1 fully saturated rings. The zero-order chi connectivity index (χ0) is 8.55. The fourth-order valence-electron chi connectivity index (χ4n) is 1.49. The maximum absolute atomic E-state index is 5.60. The van der Waals surface area contributed by atoms with Crippen molar-refractivity contribution in [1.29, 1.82) is 0 Å². The molecular formula is C9H15N3. The summed E-state index contributed by atoms with van der Waals surface area (Å²) in [6.45, 7) is 3.63. The number of rotatable bonds is 3. The van der Waals surface area contributed by atoms with E-state index < -0.39 is 0 Å². The molecule has 66 valence electrons. The molecule has 0 aliphatic heterocycles. The number of nitrogens with two attached hydrogens (primary N) is 1. The van der Waals surface area contributed by atoms with Crippen molar-refractivity contribution in [2.45, 2.75) is 38.8 Å². The zero-order valence-corrected chi connectivity index (χ0v) is 7.45. The van der Waals surface area contributed by atoms with E-state index in [0.29, 0.717) is 6.54 Å². The molecule has 1 heterocycles. The van der Waals surface area contributed by atoms with Crippen LogP contribution in [0.1, 0.15) is 37.1 Å². The molecule has 0 aromatic carbocycles. The van der Waals surface area contributed by atoms with Gasteiger partial charge in [-0.2, -0.15) is 5.10 Å². The first-order valence-electron chi connectivity index (χ1n) is 4.61. The molecule has 3 heteroatoms. The highest BCUT2D eigenvalue weighted by molar-refractivity contribution is 5.18. The Morgan fingerprint density at radius 2 is 2.42 bits per heavy atom. The molecule has 0 unspecified atom stereocenters. The lowest BCUT2D eigenvalue weighted by Gasteiger charge is -1.99. The van der Waals surface area contributed by atoms with Crippen molar-refractivity contribution < 1.29 is 0 Å². The van der Waals surface area contributed by atoms with Gasteiger partial charge < -0.3 is 5.73 Å². The van der Waals surface area contributed by atoms with Crippen LogP contribution < -0.4 is 5.73 Å². The second kappa shape index (κ2) is 2.90. The van der Waals surface area contributed by atoms with Crippen LogP contribution in [0.3, 0.4) is 0 Å². The van der Waals surface area contributed by atoms with Gasteiger partial charge in [-0.05, 0) is 25.8 Å². The van der Waals surface area contributed by atoms with Gasteiger partial charge >= 0.3 is 0 Å². The molecule has 0 saturated heterocycles. The third-order valence-electron chi connectivity index (χ3n) is 2.39. The van der Waals surface area contributed by atoms with Crippen molar-refractivity contribution in [1.82, 2.24) is 9.78 Å². The van der Waals surface area contributed by atoms with E-state index in [1.54, 1.807) is 0 Å². The molecule has 0 atom stereocenters. The molecule has 2 N–H and O–H groups in total. The van der Waals surface area contributed by atoms with Gasteiger partial charge in [-0.3, -0.25) is 4.68 Å². The molecule has 0 amide bonds. The monoisotopic (exact) mass is 165 g/mol. The van der Waals surface area contributed by atoms with Gasteiger partial charge in [0.2, 0.25) is 0 Å². The van der Waals surface area contributed by atoms with Crippen molar-refractivity contribution in [2.24, 2.45) is 5.73 Å². The summed E-state index contributed by atoms with van der Waals surface area (Å²) in [6, 6.07) is 2.15. The van der Waals surface area contributed by atoms with Gasteiger partial charge in [-0.25, -0.2) is 0 Å². The first kappa shape index (κ1) is 7.80. The van der Waals surface area contributed by atoms with Gasteiger partial charge in [0.1, 0.15) is 0 Å². The lowest BCUT2D eigenvalue weighted by Crippen LogP contribution is -2.06. The second-order valence-electron chi connectivity index (χ2n) is 3.35. The second-order valence-corrected chi connectivity index (χ2v) is 3.35. The standard InChI is InChI=1S/C9H15N3/c1-2-12-8(6-10)5-9(11-12)7-3-4-7/h5,7H,2-4,6,10H2,1H3. The topological polar surface area (TPSA) is 43.8 Å². The predicted octanol–water partition coefficient (Wildman–Crippen LogP) is 1.24. The average Bonchev–Trinajstić information content (AvgIpc) is 2.85. The maximum atomic E-state index is 5.60. The predicted molar refractivity (Wildman–Crippen MR) is 47.8 cm³/mol. The van der Waals surface area contributed by atoms with Crippen LogP contribution in [-0.2, 0) is 13.1 Å². The molecular weight excluding hydrogens is 150 g/mol. The molecule has 1 saturated carbocycles. The lowest BCUT2D eigenvalue weighted by atomic mass is 10.3. The maximum Gasteiger partial charge on any atom is 0.0658 e. The molecule has 0 bridgehead atoms. The van der Waals surface area contributed by atoms with Crippen LogP contribution >= 0.6 is 0 Å². The van der Waals surface area contributed by atoms with Crippen molar-refractivity contribution in [3.63, 3.8) is 0 Å². The highest BCUT2D eigenvalue weighted by atomic mass is 15.3. The summed E-state index contributed by atoms with van der Waals surface area (Å²) in [6.07, 6.45) is 2.62. The Labute approximate surface area is 72.6 Å². The van der Waals surface area contributed by atoms with Crippen molar-refractivity contribution >= 4 is 0 Å². The van der Waals surface area contributed by atoms with Gasteiger partial charge in [-0.1, -0.05) is 0 Å². The minimum Gasteiger partial charge on any atom is -0.325 e. The molecule has 1 aromatic heterocycles. The quantitative estimate of drug-likeness (QED) is 0.732. The molecule has 1 aliphatic rings. The fraction of sp³-hybridized carbons (Fsp3) is 0.667. The Balaban J connectivity index is 2.27. The van der Waals surface area contributed by atoms with Crippen molar-refractivity contribution in [2.75, 3.05) is 0 Å². The van der Waals surface area contributed by atoms with Crippen LogP contribution in [0.25, 0.3) is 0 Å². The van der Waals surface area contributed by atoms with Gasteiger partial charge in [-0.15, -0.1) is 0 Å². The van der Waals surface area contributed by atoms with E-state index in [4.69, 9.17) is 5.73 Å². The van der Waals surface area contributed by atoms with E-state index in [9.17, 15) is 0 Å². The minimum absolute atomic E-state index is 0.605. The molecule has 12 heavy (non-hydrogen) atoms. The summed E-state index contributed by atoms with van der Waals surface area (Å²) in [7, 11) is 0. The molecule has 2 rings (SSSR count). The van der Waals surface area contributed by atoms with Crippen molar-refractivity contribution in [3.05, 3.63) is 17.5 Å². The van der Waals surface area contributed by atoms with Gasteiger partial charge in [0.25, 0.3) is 0 Å². The summed E-state index contributed by atoms with van der Waals surface area (Å²) in [5, 5.41) is 4.50. The Hall–Kier alpha value is -0.830. The van der Waals surface area contributed by atoms with E-state index in [2.05, 4.69) is 18.1 Å². The SMILES string of the molecule is CCn1nc(C2CC2)cc1CN. The summed E-state index contributed by atoms with van der Waals surface area (Å²) in [4.78, 5) is 0. The van der Waals surface area contributed by atoms with Gasteiger partial charge in [0.15, 0.2) is 0 Å². The third-order valence-corrected chi connectivity index (χ3v) is 2.39. The van der Waals surface area contributed by atoms with E-state index in [1.165, 1.54) is 24.2 Å². The third kappa shape index (κ3) is 1.25. The first-order valence-corrected chi connectivity index (χ1v) is 4.61. The number of nitrogens with zero attached hydrogens (tertiary/aromatic N) is 2. The molecule has 0 radical (unpaired) electrons. The number of aromatic nitrogens is 2. The summed E-state index contributed by atoms with van der Waals surface area (Å²) >= 11 is 0. The summed E-state index contributed by atoms with van der Waals surface area (Å²) < 4.78 is 2.01. The van der Waals surface area contributed by atoms with Gasteiger partial charge in [0.05, 0.1) is 11.4 Å². The van der Waals surface area contributed by atoms with E-state index in [-0.39, 0.29) is 0 Å². The Kier molecular flexibility index (Phi) is 1.89. The van der Waals surface area contributed by atoms with Crippen LogP contribution in [0.4, 0.5) is 0 Å². The van der Waals surface area contributed by atoms with Crippen molar-refractivity contribution in [3.8, 4) is 0 Å². The summed E-state index contributed by atoms with van der Waals surface area (Å²) in [5.41, 5.74) is 8.01. The molecule has 0 spiro atoms. The fourth-order valence-corrected chi connectivity index (χ4v) is 1.49. The Morgan fingerprint density at radius 1 is 1.67 bits per heavy atom. The summed E-state index contributed by atoms with van der Waals surface area (Å²) in [5.74, 6) is 0.739. The van der Waals surface area contributed by atoms with Crippen LogP contribution in [0.15, 0.2) is 6.07 Å². The first-order chi connectivity index (χ1) is 5.85. The molecule has 1 aromatic rings. The average molecular weight is 165 g/mol. The number of aryl methyl sites for hydroxylation is 1. The number of hydrogen-bond acceptors (Lipinski definition) is 2. The highest BCUT2D eigenvalue weighted by Crippen LogP contribution is 2.39. The smallest absolute Gasteiger partial charge is 0.0658 e. The van der Waals surface area contributed by atoms with E-state index in [0.717, 1.165) is 12.5 Å². The highest BCUT2D eigenvalue weighted by Gasteiger charge is 2.26. The van der Waals surface area contributed by atoms with Crippen LogP contribution in [0.2, 0.25) is 0 Å². The zero-order valence-electron chi connectivity index (χ0n) is 7.45. The Bertz CT molecular complexity index is 252. The van der Waals surface area contributed by atoms with Crippen LogP contribution in [0, 0.1) is 0 Å². The lowest BCUT2D eigenvalue weighted by molar-refractivity contribution is 0.614. The Morgan fingerprint density at radius 3 is 2.83 bits per heavy atom. The normalized spacial score (nSPS) is 16.8. The van der Waals surface area contributed by atoms with E-state index in [1.807, 2.05) is 4.68 Å². The molecule has 1 aliphatic carbocycles. The van der Waals surface area contributed by atoms with Gasteiger partial charge in [0, 0.05) is 19.0 Å². The van der Waals surface area contributed by atoms with E-state index >= 15 is 0 Å². The van der Waals surface area contributed by atoms with Crippen LogP contribution in [0.5, 0.6) is 0 Å².